The Hall–Kier alpha value is -13.7. The van der Waals surface area contributed by atoms with Gasteiger partial charge in [-0.3, -0.25) is 0 Å². The van der Waals surface area contributed by atoms with Crippen LogP contribution in [0.15, 0.2) is 388 Å². The van der Waals surface area contributed by atoms with Crippen molar-refractivity contribution < 1.29 is 25.8 Å². The predicted molar refractivity (Wildman–Crippen MR) is 441 cm³/mol. The van der Waals surface area contributed by atoms with Crippen LogP contribution in [-0.2, 0) is 10.1 Å². The van der Waals surface area contributed by atoms with Gasteiger partial charge in [0.05, 0.1) is 33.1 Å². The van der Waals surface area contributed by atoms with E-state index in [0.717, 1.165) is 61.0 Å². The van der Waals surface area contributed by atoms with E-state index in [1.165, 1.54) is 117 Å². The Kier molecular flexibility index (Phi) is 17.0. The average molecular weight is 1420 g/mol. The molecule has 0 aliphatic heterocycles. The number of benzene rings is 16. The Labute approximate surface area is 621 Å². The number of hydrogen-bond acceptors (Lipinski definition) is 5. The first-order valence-corrected chi connectivity index (χ1v) is 37.1. The lowest BCUT2D eigenvalue weighted by Gasteiger charge is -2.26. The van der Waals surface area contributed by atoms with Crippen LogP contribution in [0.3, 0.4) is 0 Å². The average Bonchev–Trinajstić information content (AvgIpc) is 1.55. The largest absolute Gasteiger partial charge is 0.534 e. The van der Waals surface area contributed by atoms with E-state index in [1.54, 1.807) is 6.07 Å². The lowest BCUT2D eigenvalue weighted by molar-refractivity contribution is -0.0500. The van der Waals surface area contributed by atoms with Crippen molar-refractivity contribution in [1.82, 2.24) is 8.80 Å². The van der Waals surface area contributed by atoms with Gasteiger partial charge in [0.2, 0.25) is 0 Å². The normalized spacial score (nSPS) is 11.7. The van der Waals surface area contributed by atoms with Crippen LogP contribution in [-0.4, -0.2) is 22.7 Å². The van der Waals surface area contributed by atoms with Crippen LogP contribution in [0.4, 0.5) is 41.6 Å². The molecule has 0 amide bonds. The highest BCUT2D eigenvalue weighted by Gasteiger charge is 2.48. The highest BCUT2D eigenvalue weighted by Crippen LogP contribution is 2.45. The molecule has 20 rings (SSSR count). The Bertz CT molecular complexity index is 6720. The van der Waals surface area contributed by atoms with Gasteiger partial charge in [0.1, 0.15) is 5.75 Å². The second kappa shape index (κ2) is 27.7. The molecule has 4 aromatic heterocycles. The number of nitrogens with zero attached hydrogens (tertiary/aromatic N) is 3. The van der Waals surface area contributed by atoms with Gasteiger partial charge < -0.3 is 23.2 Å². The van der Waals surface area contributed by atoms with Gasteiger partial charge in [0, 0.05) is 77.6 Å². The number of halogens is 3. The fourth-order valence-corrected chi connectivity index (χ4v) is 15.6. The van der Waals surface area contributed by atoms with Crippen molar-refractivity contribution in [3.05, 3.63) is 388 Å². The molecule has 16 aromatic carbocycles. The van der Waals surface area contributed by atoms with Crippen molar-refractivity contribution in [2.24, 2.45) is 0 Å². The van der Waals surface area contributed by atoms with Crippen molar-refractivity contribution in [2.45, 2.75) is 5.51 Å². The minimum Gasteiger partial charge on any atom is -0.376 e. The number of rotatable bonds is 13. The zero-order valence-electron chi connectivity index (χ0n) is 58.1. The zero-order valence-corrected chi connectivity index (χ0v) is 58.9. The first-order valence-electron chi connectivity index (χ1n) is 35.7. The van der Waals surface area contributed by atoms with Crippen molar-refractivity contribution in [3.8, 4) is 72.5 Å². The van der Waals surface area contributed by atoms with E-state index < -0.39 is 15.6 Å². The highest BCUT2D eigenvalue weighted by molar-refractivity contribution is 7.88. The standard InChI is InChI=1S/C48H32N2.C30H23N.C19H10F3NO3S/c1-3-10-33(11-4-1)35-18-20-36(21-19-35)38-24-28-40(29-25-38)49(39-26-22-37(23-27-39)34-12-5-2-6-13-34)41-30-31-43-45-16-9-15-44-42-14-7-8-17-46(42)50(48(44)45)47(43)32-41;1-3-7-23(8-4-1)25-11-13-26(14-12-25)28-17-21-30(22-18-28)31-29-19-15-27(16-20-29)24-9-5-2-6-10-24;20-19(21,22)27(24,25)26-11-8-9-13-15-6-3-5-14-12-4-1-2-7-16(12)23(18(14)15)17(13)10-11/h1-32H;1-22,31H;1-10H. The second-order valence-corrected chi connectivity index (χ2v) is 28.3. The first kappa shape index (κ1) is 66.2. The second-order valence-electron chi connectivity index (χ2n) is 26.8. The molecule has 11 heteroatoms. The molecule has 0 aliphatic carbocycles. The summed E-state index contributed by atoms with van der Waals surface area (Å²) in [7, 11) is -5.73. The summed E-state index contributed by atoms with van der Waals surface area (Å²) in [6.07, 6.45) is 0. The van der Waals surface area contributed by atoms with E-state index in [1.807, 2.05) is 59.0 Å². The maximum absolute atomic E-state index is 12.6. The predicted octanol–water partition coefficient (Wildman–Crippen LogP) is 26.8. The summed E-state index contributed by atoms with van der Waals surface area (Å²) in [6.45, 7) is 0. The highest BCUT2D eigenvalue weighted by atomic mass is 32.2. The van der Waals surface area contributed by atoms with Crippen LogP contribution < -0.4 is 14.4 Å². The number of hydrogen-bond donors (Lipinski definition) is 1. The van der Waals surface area contributed by atoms with Crippen LogP contribution >= 0.6 is 0 Å². The minimum atomic E-state index is -5.73. The van der Waals surface area contributed by atoms with Crippen LogP contribution in [0.25, 0.3) is 143 Å². The molecule has 0 saturated carbocycles. The van der Waals surface area contributed by atoms with E-state index in [9.17, 15) is 21.6 Å². The van der Waals surface area contributed by atoms with E-state index in [2.05, 4.69) is 334 Å². The van der Waals surface area contributed by atoms with Crippen LogP contribution in [0.2, 0.25) is 0 Å². The fraction of sp³-hybridized carbons (Fsp3) is 0.0103. The van der Waals surface area contributed by atoms with Gasteiger partial charge >= 0.3 is 15.6 Å². The quantitative estimate of drug-likeness (QED) is 0.0920. The number of alkyl halides is 3. The third-order valence-electron chi connectivity index (χ3n) is 20.3. The Morgan fingerprint density at radius 3 is 0.880 bits per heavy atom. The van der Waals surface area contributed by atoms with Crippen molar-refractivity contribution in [3.63, 3.8) is 0 Å². The summed E-state index contributed by atoms with van der Waals surface area (Å²) in [4.78, 5) is 2.38. The SMILES string of the molecule is O=S(=O)(Oc1ccc2c3cccc4c5ccccc5n(c2c1)c43)C(F)(F)F.c1ccc(-c2ccc(-c3ccc(N(c4ccc(-c5ccccc5)cc4)c4ccc5c6cccc7c8ccccc8n(c5c4)c76)cc3)cc2)cc1.c1ccc(-c2ccc(Nc3ccc(-c4ccc(-c5ccccc5)cc4)cc3)cc2)cc1. The first-order chi connectivity index (χ1) is 52.9. The van der Waals surface area contributed by atoms with E-state index >= 15 is 0 Å². The summed E-state index contributed by atoms with van der Waals surface area (Å²) in [5, 5.41) is 12.4. The molecule has 0 saturated heterocycles. The maximum atomic E-state index is 12.6. The van der Waals surface area contributed by atoms with E-state index in [4.69, 9.17) is 0 Å². The Morgan fingerprint density at radius 1 is 0.259 bits per heavy atom. The fourth-order valence-electron chi connectivity index (χ4n) is 15.1. The summed E-state index contributed by atoms with van der Waals surface area (Å²) in [5.41, 5.74) is 20.8. The smallest absolute Gasteiger partial charge is 0.376 e. The van der Waals surface area contributed by atoms with Crippen LogP contribution in [0.1, 0.15) is 0 Å². The summed E-state index contributed by atoms with van der Waals surface area (Å²) in [5.74, 6) is -0.384. The molecule has 0 radical (unpaired) electrons. The third kappa shape index (κ3) is 12.5. The number of anilines is 5. The van der Waals surface area contributed by atoms with Gasteiger partial charge in [-0.2, -0.15) is 21.6 Å². The number of para-hydroxylation sites is 4. The van der Waals surface area contributed by atoms with Gasteiger partial charge in [0.25, 0.3) is 0 Å². The molecule has 7 nitrogen and oxygen atoms in total. The molecule has 0 atom stereocenters. The van der Waals surface area contributed by atoms with Crippen LogP contribution in [0.5, 0.6) is 5.75 Å². The molecular weight excluding hydrogens is 1360 g/mol. The summed E-state index contributed by atoms with van der Waals surface area (Å²) in [6, 6.07) is 135. The monoisotopic (exact) mass is 1420 g/mol. The zero-order chi connectivity index (χ0) is 72.9. The molecule has 20 aromatic rings. The van der Waals surface area contributed by atoms with Gasteiger partial charge in [-0.15, -0.1) is 0 Å². The van der Waals surface area contributed by atoms with Crippen molar-refractivity contribution >= 4 is 115 Å². The molecular formula is C97H65F3N4O3S. The third-order valence-corrected chi connectivity index (χ3v) is 21.3. The molecule has 108 heavy (non-hydrogen) atoms. The molecule has 518 valence electrons. The van der Waals surface area contributed by atoms with Gasteiger partial charge in [0.15, 0.2) is 0 Å². The molecule has 0 fully saturated rings. The molecule has 0 bridgehead atoms. The van der Waals surface area contributed by atoms with Crippen molar-refractivity contribution in [1.29, 1.82) is 0 Å². The Morgan fingerprint density at radius 2 is 0.528 bits per heavy atom. The van der Waals surface area contributed by atoms with Gasteiger partial charge in [-0.25, -0.2) is 0 Å². The topological polar surface area (TPSA) is 67.5 Å². The van der Waals surface area contributed by atoms with Crippen LogP contribution in [0, 0.1) is 0 Å². The molecule has 0 spiro atoms. The van der Waals surface area contributed by atoms with Crippen molar-refractivity contribution in [2.75, 3.05) is 10.2 Å². The lowest BCUT2D eigenvalue weighted by Crippen LogP contribution is -2.28. The van der Waals surface area contributed by atoms with Gasteiger partial charge in [-0.1, -0.05) is 297 Å². The number of nitrogens with one attached hydrogen (secondary N) is 1. The summed E-state index contributed by atoms with van der Waals surface area (Å²) < 4.78 is 69.3. The van der Waals surface area contributed by atoms with E-state index in [0.29, 0.717) is 5.52 Å². The maximum Gasteiger partial charge on any atom is 0.534 e. The van der Waals surface area contributed by atoms with E-state index in [-0.39, 0.29) is 5.75 Å². The molecule has 0 unspecified atom stereocenters. The molecule has 1 N–H and O–H groups in total. The molecule has 4 heterocycles. The minimum absolute atomic E-state index is 0.384. The molecule has 0 aliphatic rings. The lowest BCUT2D eigenvalue weighted by atomic mass is 10.00. The van der Waals surface area contributed by atoms with Gasteiger partial charge in [-0.05, 0) is 152 Å². The summed E-state index contributed by atoms with van der Waals surface area (Å²) >= 11 is 0. The number of fused-ring (bicyclic) bond motifs is 12. The number of aromatic nitrogens is 2. The Balaban J connectivity index is 0.000000122.